The minimum Gasteiger partial charge on any atom is -0.444 e. The van der Waals surface area contributed by atoms with Gasteiger partial charge in [0.15, 0.2) is 0 Å². The number of benzene rings is 2. The largest absolute Gasteiger partial charge is 0.444 e. The zero-order valence-corrected chi connectivity index (χ0v) is 26.2. The molecule has 2 amide bonds. The summed E-state index contributed by atoms with van der Waals surface area (Å²) in [4.78, 5) is 27.2. The number of cyclic esters (lactones) is 1. The van der Waals surface area contributed by atoms with E-state index in [1.807, 2.05) is 25.7 Å². The first-order chi connectivity index (χ1) is 19.2. The fraction of sp³-hybridized carbons (Fsp3) is 0.576. The number of hydrogen-bond acceptors (Lipinski definition) is 5. The summed E-state index contributed by atoms with van der Waals surface area (Å²) in [5.74, 6) is 0.299. The molecule has 1 heterocycles. The summed E-state index contributed by atoms with van der Waals surface area (Å²) in [6.07, 6.45) is 3.54. The number of nitrogens with zero attached hydrogens (tertiary/aromatic N) is 1. The molecule has 5 aliphatic rings. The monoisotopic (exact) mass is 576 g/mol. The Morgan fingerprint density at radius 1 is 0.927 bits per heavy atom. The number of carbonyl (C=O) groups is 2. The van der Waals surface area contributed by atoms with Crippen molar-refractivity contribution in [3.8, 4) is 0 Å². The van der Waals surface area contributed by atoms with Gasteiger partial charge in [-0.1, -0.05) is 81.4 Å². The molecular weight excluding hydrogens is 532 g/mol. The lowest BCUT2D eigenvalue weighted by Gasteiger charge is -2.72. The topological polar surface area (TPSA) is 77.1 Å². The average Bonchev–Trinajstić information content (AvgIpc) is 3.19. The van der Waals surface area contributed by atoms with Crippen LogP contribution in [-0.2, 0) is 13.9 Å². The highest BCUT2D eigenvalue weighted by Crippen LogP contribution is 2.64. The van der Waals surface area contributed by atoms with Crippen molar-refractivity contribution < 1.29 is 23.5 Å². The average molecular weight is 577 g/mol. The van der Waals surface area contributed by atoms with Crippen LogP contribution in [-0.4, -0.2) is 60.8 Å². The van der Waals surface area contributed by atoms with Crippen molar-refractivity contribution in [1.29, 1.82) is 0 Å². The quantitative estimate of drug-likeness (QED) is 0.449. The summed E-state index contributed by atoms with van der Waals surface area (Å²) in [6, 6.07) is 21.5. The van der Waals surface area contributed by atoms with Gasteiger partial charge in [0.1, 0.15) is 11.7 Å². The molecule has 5 fully saturated rings. The molecule has 2 aromatic carbocycles. The molecule has 4 saturated carbocycles. The van der Waals surface area contributed by atoms with E-state index in [0.717, 1.165) is 32.1 Å². The van der Waals surface area contributed by atoms with Gasteiger partial charge in [0, 0.05) is 12.0 Å². The van der Waals surface area contributed by atoms with E-state index in [1.165, 1.54) is 10.4 Å². The molecule has 8 heteroatoms. The highest BCUT2D eigenvalue weighted by atomic mass is 28.4. The molecule has 7 nitrogen and oxygen atoms in total. The number of amides is 2. The molecule has 4 aliphatic carbocycles. The highest BCUT2D eigenvalue weighted by Gasteiger charge is 2.73. The third-order valence-electron chi connectivity index (χ3n) is 9.59. The van der Waals surface area contributed by atoms with E-state index < -0.39 is 13.9 Å². The molecule has 1 aliphatic heterocycles. The van der Waals surface area contributed by atoms with Crippen LogP contribution in [0.4, 0.5) is 9.59 Å². The molecule has 1 N–H and O–H groups in total. The SMILES string of the molecule is CC(C)(C)OC(=O)NC12CC(N3CC(C4CC(O[Si](c5ccccc5)(c5ccccc5)C(C)(C)C)C4)OC3=O)(C1)C2. The fourth-order valence-corrected chi connectivity index (χ4v) is 12.4. The van der Waals surface area contributed by atoms with Crippen molar-refractivity contribution >= 4 is 30.9 Å². The summed E-state index contributed by atoms with van der Waals surface area (Å²) < 4.78 is 18.7. The fourth-order valence-electron chi connectivity index (χ4n) is 7.74. The molecule has 2 aromatic rings. The molecule has 2 bridgehead atoms. The van der Waals surface area contributed by atoms with Crippen molar-refractivity contribution in [2.45, 2.75) is 108 Å². The van der Waals surface area contributed by atoms with Crippen LogP contribution in [0.5, 0.6) is 0 Å². The Kier molecular flexibility index (Phi) is 6.62. The first-order valence-electron chi connectivity index (χ1n) is 15.0. The van der Waals surface area contributed by atoms with Crippen LogP contribution in [0.1, 0.15) is 73.6 Å². The van der Waals surface area contributed by atoms with Crippen molar-refractivity contribution in [2.24, 2.45) is 5.92 Å². The summed E-state index contributed by atoms with van der Waals surface area (Å²) >= 11 is 0. The van der Waals surface area contributed by atoms with E-state index in [4.69, 9.17) is 13.9 Å². The van der Waals surface area contributed by atoms with Gasteiger partial charge in [-0.2, -0.15) is 0 Å². The number of ether oxygens (including phenoxy) is 2. The van der Waals surface area contributed by atoms with Gasteiger partial charge in [0.05, 0.1) is 17.6 Å². The summed E-state index contributed by atoms with van der Waals surface area (Å²) in [6.45, 7) is 13.1. The molecule has 1 unspecified atom stereocenters. The van der Waals surface area contributed by atoms with Gasteiger partial charge < -0.3 is 19.2 Å². The lowest BCUT2D eigenvalue weighted by atomic mass is 9.43. The molecule has 7 rings (SSSR count). The number of alkyl carbamates (subject to hydrolysis) is 1. The van der Waals surface area contributed by atoms with Crippen LogP contribution < -0.4 is 15.7 Å². The van der Waals surface area contributed by atoms with Crippen molar-refractivity contribution in [2.75, 3.05) is 6.54 Å². The van der Waals surface area contributed by atoms with Gasteiger partial charge in [-0.25, -0.2) is 9.59 Å². The molecule has 0 spiro atoms. The molecule has 0 aromatic heterocycles. The molecule has 41 heavy (non-hydrogen) atoms. The van der Waals surface area contributed by atoms with Gasteiger partial charge in [-0.15, -0.1) is 0 Å². The summed E-state index contributed by atoms with van der Waals surface area (Å²) in [7, 11) is -2.60. The van der Waals surface area contributed by atoms with Gasteiger partial charge >= 0.3 is 12.2 Å². The van der Waals surface area contributed by atoms with E-state index in [9.17, 15) is 9.59 Å². The van der Waals surface area contributed by atoms with Crippen molar-refractivity contribution in [1.82, 2.24) is 10.2 Å². The van der Waals surface area contributed by atoms with Crippen molar-refractivity contribution in [3.63, 3.8) is 0 Å². The predicted molar refractivity (Wildman–Crippen MR) is 161 cm³/mol. The van der Waals surface area contributed by atoms with E-state index >= 15 is 0 Å². The minimum atomic E-state index is -2.60. The lowest BCUT2D eigenvalue weighted by molar-refractivity contribution is -0.154. The second-order valence-corrected chi connectivity index (χ2v) is 19.1. The minimum absolute atomic E-state index is 0.0646. The van der Waals surface area contributed by atoms with Gasteiger partial charge in [-0.3, -0.25) is 4.90 Å². The van der Waals surface area contributed by atoms with Crippen LogP contribution in [0.2, 0.25) is 5.04 Å². The summed E-state index contributed by atoms with van der Waals surface area (Å²) in [5, 5.41) is 5.56. The first-order valence-corrected chi connectivity index (χ1v) is 16.9. The van der Waals surface area contributed by atoms with Gasteiger partial charge in [0.2, 0.25) is 0 Å². The van der Waals surface area contributed by atoms with Gasteiger partial charge in [-0.05, 0) is 68.3 Å². The third-order valence-corrected chi connectivity index (χ3v) is 14.7. The zero-order valence-electron chi connectivity index (χ0n) is 25.2. The number of carbonyl (C=O) groups excluding carboxylic acids is 2. The van der Waals surface area contributed by atoms with Crippen molar-refractivity contribution in [3.05, 3.63) is 60.7 Å². The second-order valence-electron chi connectivity index (χ2n) is 14.8. The molecule has 1 saturated heterocycles. The Morgan fingerprint density at radius 3 is 1.95 bits per heavy atom. The first kappa shape index (κ1) is 28.3. The normalized spacial score (nSPS) is 30.9. The van der Waals surface area contributed by atoms with Crippen LogP contribution in [0.3, 0.4) is 0 Å². The number of nitrogens with one attached hydrogen (secondary N) is 1. The maximum atomic E-state index is 13.0. The smallest absolute Gasteiger partial charge is 0.410 e. The van der Waals surface area contributed by atoms with Crippen LogP contribution in [0, 0.1) is 5.92 Å². The third kappa shape index (κ3) is 4.87. The highest BCUT2D eigenvalue weighted by molar-refractivity contribution is 6.99. The van der Waals surface area contributed by atoms with E-state index in [1.54, 1.807) is 0 Å². The molecule has 0 radical (unpaired) electrons. The summed E-state index contributed by atoms with van der Waals surface area (Å²) in [5.41, 5.74) is -0.958. The Hall–Kier alpha value is -2.84. The lowest BCUT2D eigenvalue weighted by Crippen LogP contribution is -2.84. The Labute approximate surface area is 245 Å². The molecule has 1 atom stereocenters. The van der Waals surface area contributed by atoms with Crippen LogP contribution in [0.15, 0.2) is 60.7 Å². The second kappa shape index (κ2) is 9.59. The zero-order chi connectivity index (χ0) is 29.3. The maximum absolute atomic E-state index is 13.0. The molecular formula is C33H44N2O5Si. The Bertz CT molecular complexity index is 1240. The Morgan fingerprint density at radius 2 is 1.46 bits per heavy atom. The van der Waals surface area contributed by atoms with Gasteiger partial charge in [0.25, 0.3) is 8.32 Å². The number of hydrogen-bond donors (Lipinski definition) is 1. The van der Waals surface area contributed by atoms with E-state index in [-0.39, 0.29) is 40.5 Å². The standard InChI is InChI=1S/C33H44N2O5Si/c1-30(2,3)39-28(36)34-32-20-33(21-32,22-32)35-19-27(38-29(35)37)23-17-24(18-23)40-41(31(4,5)6,25-13-9-7-10-14-25)26-15-11-8-12-16-26/h7-16,23-24,27H,17-22H2,1-6H3,(H,34,36). The maximum Gasteiger partial charge on any atom is 0.410 e. The number of rotatable bonds is 7. The Balaban J connectivity index is 1.09. The predicted octanol–water partition coefficient (Wildman–Crippen LogP) is 5.36. The van der Waals surface area contributed by atoms with E-state index in [2.05, 4.69) is 86.8 Å². The van der Waals surface area contributed by atoms with E-state index in [0.29, 0.717) is 12.5 Å². The van der Waals surface area contributed by atoms with Crippen LogP contribution in [0.25, 0.3) is 0 Å². The van der Waals surface area contributed by atoms with Crippen LogP contribution >= 0.6 is 0 Å². The molecule has 220 valence electrons.